The minimum absolute atomic E-state index is 0.266. The highest BCUT2D eigenvalue weighted by molar-refractivity contribution is 5.66. The predicted molar refractivity (Wildman–Crippen MR) is 63.3 cm³/mol. The molecular formula is C11H17FN4. The van der Waals surface area contributed by atoms with Crippen LogP contribution in [0.2, 0.25) is 0 Å². The summed E-state index contributed by atoms with van der Waals surface area (Å²) in [6, 6.07) is 1.93. The lowest BCUT2D eigenvalue weighted by atomic mass is 10.2. The third kappa shape index (κ3) is 2.41. The van der Waals surface area contributed by atoms with Crippen LogP contribution in [0.3, 0.4) is 0 Å². The molecule has 1 aliphatic rings. The SMILES string of the molecule is Nc1cnccc1N1CCN(CCF)CC1. The molecule has 0 aliphatic carbocycles. The molecule has 0 amide bonds. The van der Waals surface area contributed by atoms with Gasteiger partial charge < -0.3 is 10.6 Å². The number of alkyl halides is 1. The molecular weight excluding hydrogens is 207 g/mol. The second-order valence-corrected chi connectivity index (χ2v) is 3.95. The van der Waals surface area contributed by atoms with Gasteiger partial charge in [-0.1, -0.05) is 0 Å². The molecule has 1 aliphatic heterocycles. The maximum atomic E-state index is 12.2. The first-order valence-corrected chi connectivity index (χ1v) is 5.54. The van der Waals surface area contributed by atoms with Crippen molar-refractivity contribution in [2.45, 2.75) is 0 Å². The molecule has 1 aromatic rings. The van der Waals surface area contributed by atoms with E-state index in [1.807, 2.05) is 6.07 Å². The minimum atomic E-state index is -0.266. The van der Waals surface area contributed by atoms with Crippen molar-refractivity contribution in [3.8, 4) is 0 Å². The van der Waals surface area contributed by atoms with Crippen LogP contribution in [0, 0.1) is 0 Å². The molecule has 0 bridgehead atoms. The maximum Gasteiger partial charge on any atom is 0.102 e. The average Bonchev–Trinajstić information content (AvgIpc) is 2.31. The number of anilines is 2. The Bertz CT molecular complexity index is 337. The van der Waals surface area contributed by atoms with Gasteiger partial charge in [0.15, 0.2) is 0 Å². The number of aromatic nitrogens is 1. The molecule has 0 saturated carbocycles. The highest BCUT2D eigenvalue weighted by atomic mass is 19.1. The van der Waals surface area contributed by atoms with Crippen molar-refractivity contribution in [2.75, 3.05) is 50.0 Å². The zero-order chi connectivity index (χ0) is 11.4. The molecule has 1 aromatic heterocycles. The summed E-state index contributed by atoms with van der Waals surface area (Å²) < 4.78 is 12.2. The molecule has 0 aromatic carbocycles. The topological polar surface area (TPSA) is 45.4 Å². The lowest BCUT2D eigenvalue weighted by molar-refractivity contribution is 0.235. The van der Waals surface area contributed by atoms with Crippen LogP contribution in [0.15, 0.2) is 18.5 Å². The third-order valence-electron chi connectivity index (χ3n) is 2.94. The van der Waals surface area contributed by atoms with Crippen LogP contribution in [-0.4, -0.2) is 49.3 Å². The number of hydrogen-bond acceptors (Lipinski definition) is 4. The number of hydrogen-bond donors (Lipinski definition) is 1. The van der Waals surface area contributed by atoms with Crippen molar-refractivity contribution in [2.24, 2.45) is 0 Å². The van der Waals surface area contributed by atoms with Crippen molar-refractivity contribution >= 4 is 11.4 Å². The number of rotatable bonds is 3. The Morgan fingerprint density at radius 1 is 1.31 bits per heavy atom. The maximum absolute atomic E-state index is 12.2. The molecule has 0 unspecified atom stereocenters. The molecule has 0 spiro atoms. The summed E-state index contributed by atoms with van der Waals surface area (Å²) in [7, 11) is 0. The van der Waals surface area contributed by atoms with Gasteiger partial charge in [0.1, 0.15) is 6.67 Å². The van der Waals surface area contributed by atoms with Gasteiger partial charge in [-0.3, -0.25) is 9.88 Å². The van der Waals surface area contributed by atoms with Gasteiger partial charge in [-0.25, -0.2) is 4.39 Å². The fraction of sp³-hybridized carbons (Fsp3) is 0.545. The predicted octanol–water partition coefficient (Wildman–Crippen LogP) is 0.755. The first kappa shape index (κ1) is 11.1. The van der Waals surface area contributed by atoms with Gasteiger partial charge in [0.05, 0.1) is 17.6 Å². The van der Waals surface area contributed by atoms with Gasteiger partial charge in [-0.05, 0) is 6.07 Å². The number of halogens is 1. The van der Waals surface area contributed by atoms with Crippen molar-refractivity contribution in [3.63, 3.8) is 0 Å². The van der Waals surface area contributed by atoms with Crippen molar-refractivity contribution in [1.29, 1.82) is 0 Å². The Morgan fingerprint density at radius 3 is 2.69 bits per heavy atom. The van der Waals surface area contributed by atoms with E-state index in [1.165, 1.54) is 0 Å². The van der Waals surface area contributed by atoms with Crippen LogP contribution in [-0.2, 0) is 0 Å². The number of piperazine rings is 1. The summed E-state index contributed by atoms with van der Waals surface area (Å²) in [5.74, 6) is 0. The van der Waals surface area contributed by atoms with Gasteiger partial charge >= 0.3 is 0 Å². The standard InChI is InChI=1S/C11H17FN4/c12-2-4-15-5-7-16(8-6-15)11-1-3-14-9-10(11)13/h1,3,9H,2,4-8,13H2. The largest absolute Gasteiger partial charge is 0.396 e. The van der Waals surface area contributed by atoms with E-state index in [-0.39, 0.29) is 6.67 Å². The van der Waals surface area contributed by atoms with Crippen LogP contribution < -0.4 is 10.6 Å². The normalized spacial score (nSPS) is 17.7. The van der Waals surface area contributed by atoms with Crippen LogP contribution >= 0.6 is 0 Å². The summed E-state index contributed by atoms with van der Waals surface area (Å²) >= 11 is 0. The minimum Gasteiger partial charge on any atom is -0.396 e. The number of pyridine rings is 1. The first-order chi connectivity index (χ1) is 7.81. The Morgan fingerprint density at radius 2 is 2.06 bits per heavy atom. The lowest BCUT2D eigenvalue weighted by Crippen LogP contribution is -2.47. The highest BCUT2D eigenvalue weighted by Crippen LogP contribution is 2.22. The molecule has 2 heterocycles. The monoisotopic (exact) mass is 224 g/mol. The molecule has 16 heavy (non-hydrogen) atoms. The Labute approximate surface area is 94.9 Å². The number of nitrogen functional groups attached to an aromatic ring is 1. The average molecular weight is 224 g/mol. The lowest BCUT2D eigenvalue weighted by Gasteiger charge is -2.36. The first-order valence-electron chi connectivity index (χ1n) is 5.54. The fourth-order valence-electron chi connectivity index (χ4n) is 2.02. The zero-order valence-electron chi connectivity index (χ0n) is 9.27. The number of nitrogens with two attached hydrogens (primary N) is 1. The molecule has 1 fully saturated rings. The summed E-state index contributed by atoms with van der Waals surface area (Å²) in [6.45, 7) is 3.86. The van der Waals surface area contributed by atoms with E-state index < -0.39 is 0 Å². The molecule has 2 rings (SSSR count). The van der Waals surface area contributed by atoms with Gasteiger partial charge in [-0.15, -0.1) is 0 Å². The van der Waals surface area contributed by atoms with Gasteiger partial charge in [-0.2, -0.15) is 0 Å². The van der Waals surface area contributed by atoms with E-state index in [2.05, 4.69) is 14.8 Å². The molecule has 0 radical (unpaired) electrons. The quantitative estimate of drug-likeness (QED) is 0.823. The molecule has 0 atom stereocenters. The molecule has 88 valence electrons. The van der Waals surface area contributed by atoms with E-state index in [0.717, 1.165) is 31.9 Å². The van der Waals surface area contributed by atoms with Crippen LogP contribution in [0.25, 0.3) is 0 Å². The summed E-state index contributed by atoms with van der Waals surface area (Å²) in [5, 5.41) is 0. The summed E-state index contributed by atoms with van der Waals surface area (Å²) in [6.07, 6.45) is 3.42. The van der Waals surface area contributed by atoms with E-state index in [9.17, 15) is 4.39 Å². The van der Waals surface area contributed by atoms with E-state index in [1.54, 1.807) is 12.4 Å². The fourth-order valence-corrected chi connectivity index (χ4v) is 2.02. The van der Waals surface area contributed by atoms with Crippen LogP contribution in [0.5, 0.6) is 0 Å². The van der Waals surface area contributed by atoms with Crippen LogP contribution in [0.4, 0.5) is 15.8 Å². The smallest absolute Gasteiger partial charge is 0.102 e. The van der Waals surface area contributed by atoms with E-state index in [0.29, 0.717) is 12.2 Å². The van der Waals surface area contributed by atoms with Gasteiger partial charge in [0.25, 0.3) is 0 Å². The summed E-state index contributed by atoms with van der Waals surface area (Å²) in [5.41, 5.74) is 7.61. The van der Waals surface area contributed by atoms with Crippen molar-refractivity contribution in [3.05, 3.63) is 18.5 Å². The second kappa shape index (κ2) is 5.12. The Balaban J connectivity index is 1.96. The Kier molecular flexibility index (Phi) is 3.56. The van der Waals surface area contributed by atoms with E-state index >= 15 is 0 Å². The number of nitrogens with zero attached hydrogens (tertiary/aromatic N) is 3. The second-order valence-electron chi connectivity index (χ2n) is 3.95. The van der Waals surface area contributed by atoms with E-state index in [4.69, 9.17) is 5.73 Å². The van der Waals surface area contributed by atoms with Crippen LogP contribution in [0.1, 0.15) is 0 Å². The molecule has 5 heteroatoms. The Hall–Kier alpha value is -1.36. The third-order valence-corrected chi connectivity index (χ3v) is 2.94. The zero-order valence-corrected chi connectivity index (χ0v) is 9.27. The summed E-state index contributed by atoms with van der Waals surface area (Å²) in [4.78, 5) is 8.33. The van der Waals surface area contributed by atoms with Gasteiger partial charge in [0, 0.05) is 38.9 Å². The van der Waals surface area contributed by atoms with Crippen molar-refractivity contribution in [1.82, 2.24) is 9.88 Å². The molecule has 2 N–H and O–H groups in total. The van der Waals surface area contributed by atoms with Gasteiger partial charge in [0.2, 0.25) is 0 Å². The molecule has 4 nitrogen and oxygen atoms in total. The highest BCUT2D eigenvalue weighted by Gasteiger charge is 2.17. The van der Waals surface area contributed by atoms with Crippen molar-refractivity contribution < 1.29 is 4.39 Å². The molecule has 1 saturated heterocycles.